The fraction of sp³-hybridized carbons (Fsp3) is 0.556. The maximum Gasteiger partial charge on any atom is 0.250 e. The van der Waals surface area contributed by atoms with Crippen molar-refractivity contribution < 1.29 is 4.79 Å². The summed E-state index contributed by atoms with van der Waals surface area (Å²) in [6.07, 6.45) is 8.90. The third-order valence-electron chi connectivity index (χ3n) is 5.35. The molecule has 0 spiro atoms. The van der Waals surface area contributed by atoms with Crippen LogP contribution < -0.4 is 10.9 Å². The van der Waals surface area contributed by atoms with E-state index < -0.39 is 0 Å². The van der Waals surface area contributed by atoms with Gasteiger partial charge in [-0.2, -0.15) is 5.10 Å². The molecule has 132 valence electrons. The van der Waals surface area contributed by atoms with E-state index in [9.17, 15) is 9.59 Å². The summed E-state index contributed by atoms with van der Waals surface area (Å²) < 4.78 is 0. The van der Waals surface area contributed by atoms with E-state index >= 15 is 0 Å². The quantitative estimate of drug-likeness (QED) is 0.764. The van der Waals surface area contributed by atoms with Crippen molar-refractivity contribution in [2.24, 2.45) is 0 Å². The van der Waals surface area contributed by atoms with Gasteiger partial charge in [-0.1, -0.05) is 0 Å². The summed E-state index contributed by atoms with van der Waals surface area (Å²) in [6.45, 7) is 0. The number of fused-ring (bicyclic) bond motifs is 1. The van der Waals surface area contributed by atoms with Gasteiger partial charge in [-0.15, -0.1) is 0 Å². The molecule has 2 heterocycles. The molecule has 0 atom stereocenters. The number of carbonyl (C=O) groups is 1. The van der Waals surface area contributed by atoms with Crippen molar-refractivity contribution in [3.05, 3.63) is 45.4 Å². The topological polar surface area (TPSA) is 104 Å². The third kappa shape index (κ3) is 3.50. The summed E-state index contributed by atoms with van der Waals surface area (Å²) in [5, 5.41) is 10.6. The Morgan fingerprint density at radius 1 is 1.28 bits per heavy atom. The Kier molecular flexibility index (Phi) is 4.38. The van der Waals surface area contributed by atoms with Crippen LogP contribution in [0, 0.1) is 0 Å². The van der Waals surface area contributed by atoms with Gasteiger partial charge in [0, 0.05) is 36.6 Å². The number of nitrogens with one attached hydrogen (secondary N) is 3. The van der Waals surface area contributed by atoms with Crippen LogP contribution in [0.15, 0.2) is 17.2 Å². The normalized spacial score (nSPS) is 22.1. The third-order valence-corrected chi connectivity index (χ3v) is 5.35. The van der Waals surface area contributed by atoms with Crippen LogP contribution in [-0.4, -0.2) is 32.1 Å². The van der Waals surface area contributed by atoms with Crippen molar-refractivity contribution in [1.29, 1.82) is 0 Å². The van der Waals surface area contributed by atoms with Crippen molar-refractivity contribution in [3.63, 3.8) is 0 Å². The highest BCUT2D eigenvalue weighted by Crippen LogP contribution is 2.35. The van der Waals surface area contributed by atoms with Gasteiger partial charge in [-0.05, 0) is 44.1 Å². The molecular weight excluding hydrogens is 318 g/mol. The Morgan fingerprint density at radius 3 is 2.96 bits per heavy atom. The number of hydrogen-bond donors (Lipinski definition) is 3. The first-order valence-corrected chi connectivity index (χ1v) is 9.08. The van der Waals surface area contributed by atoms with Crippen molar-refractivity contribution in [3.8, 4) is 0 Å². The highest BCUT2D eigenvalue weighted by molar-refractivity contribution is 5.76. The molecule has 0 aliphatic heterocycles. The number of aromatic nitrogens is 4. The predicted octanol–water partition coefficient (Wildman–Crippen LogP) is 1.37. The summed E-state index contributed by atoms with van der Waals surface area (Å²) in [5.41, 5.74) is 4.35. The van der Waals surface area contributed by atoms with E-state index in [1.54, 1.807) is 6.07 Å². The van der Waals surface area contributed by atoms with Crippen LogP contribution in [0.1, 0.15) is 60.7 Å². The molecule has 2 aromatic rings. The van der Waals surface area contributed by atoms with E-state index in [2.05, 4.69) is 25.5 Å². The molecule has 2 aliphatic carbocycles. The fourth-order valence-corrected chi connectivity index (χ4v) is 3.87. The second kappa shape index (κ2) is 6.82. The molecule has 2 aliphatic rings. The highest BCUT2D eigenvalue weighted by Gasteiger charge is 2.32. The number of amides is 1. The van der Waals surface area contributed by atoms with Crippen LogP contribution in [0.25, 0.3) is 0 Å². The van der Waals surface area contributed by atoms with Gasteiger partial charge >= 0.3 is 0 Å². The van der Waals surface area contributed by atoms with Crippen LogP contribution in [-0.2, 0) is 24.1 Å². The van der Waals surface area contributed by atoms with Crippen LogP contribution in [0.5, 0.6) is 0 Å². The molecule has 4 rings (SSSR count). The van der Waals surface area contributed by atoms with Crippen molar-refractivity contribution in [2.75, 3.05) is 0 Å². The fourth-order valence-electron chi connectivity index (χ4n) is 3.87. The standard InChI is InChI=1S/C18H23N5O2/c24-17(6-5-15-13-3-1-2-4-14(13)22-23-15)21-12-7-11(8-12)16-9-18(25)20-10-19-16/h9-12H,1-8H2,(H,21,24)(H,22,23)(H,19,20,25). The van der Waals surface area contributed by atoms with E-state index in [0.717, 1.165) is 37.1 Å². The van der Waals surface area contributed by atoms with Crippen molar-refractivity contribution >= 4 is 5.91 Å². The molecule has 7 heteroatoms. The Morgan fingerprint density at radius 2 is 2.12 bits per heavy atom. The average Bonchev–Trinajstić information content (AvgIpc) is 2.99. The molecule has 1 amide bonds. The highest BCUT2D eigenvalue weighted by atomic mass is 16.1. The molecule has 0 saturated heterocycles. The first-order valence-electron chi connectivity index (χ1n) is 9.08. The van der Waals surface area contributed by atoms with Crippen molar-refractivity contribution in [1.82, 2.24) is 25.5 Å². The Balaban J connectivity index is 1.24. The second-order valence-electron chi connectivity index (χ2n) is 7.10. The summed E-state index contributed by atoms with van der Waals surface area (Å²) in [4.78, 5) is 30.2. The minimum atomic E-state index is -0.125. The summed E-state index contributed by atoms with van der Waals surface area (Å²) in [6, 6.07) is 1.73. The monoisotopic (exact) mass is 341 g/mol. The first-order chi connectivity index (χ1) is 12.2. The van der Waals surface area contributed by atoms with E-state index in [4.69, 9.17) is 0 Å². The average molecular weight is 341 g/mol. The van der Waals surface area contributed by atoms with E-state index in [1.165, 1.54) is 30.4 Å². The summed E-state index contributed by atoms with van der Waals surface area (Å²) >= 11 is 0. The van der Waals surface area contributed by atoms with Gasteiger partial charge in [0.1, 0.15) is 0 Å². The van der Waals surface area contributed by atoms with E-state index in [1.807, 2.05) is 0 Å². The van der Waals surface area contributed by atoms with E-state index in [0.29, 0.717) is 12.8 Å². The maximum atomic E-state index is 12.2. The molecule has 3 N–H and O–H groups in total. The van der Waals surface area contributed by atoms with Crippen LogP contribution >= 0.6 is 0 Å². The Labute approximate surface area is 145 Å². The number of H-pyrrole nitrogens is 2. The molecule has 0 aromatic carbocycles. The number of aromatic amines is 2. The van der Waals surface area contributed by atoms with E-state index in [-0.39, 0.29) is 23.4 Å². The predicted molar refractivity (Wildman–Crippen MR) is 92.3 cm³/mol. The van der Waals surface area contributed by atoms with Crippen LogP contribution in [0.2, 0.25) is 0 Å². The lowest BCUT2D eigenvalue weighted by atomic mass is 9.78. The number of hydrogen-bond acceptors (Lipinski definition) is 4. The summed E-state index contributed by atoms with van der Waals surface area (Å²) in [5.74, 6) is 0.348. The van der Waals surface area contributed by atoms with Gasteiger partial charge < -0.3 is 10.3 Å². The minimum absolute atomic E-state index is 0.0786. The number of rotatable bonds is 5. The lowest BCUT2D eigenvalue weighted by Gasteiger charge is -2.35. The molecule has 2 aromatic heterocycles. The molecule has 7 nitrogen and oxygen atoms in total. The van der Waals surface area contributed by atoms with Crippen LogP contribution in [0.3, 0.4) is 0 Å². The molecule has 0 radical (unpaired) electrons. The lowest BCUT2D eigenvalue weighted by Crippen LogP contribution is -2.43. The zero-order valence-corrected chi connectivity index (χ0v) is 14.2. The number of nitrogens with zero attached hydrogens (tertiary/aromatic N) is 2. The molecule has 25 heavy (non-hydrogen) atoms. The first kappa shape index (κ1) is 16.1. The summed E-state index contributed by atoms with van der Waals surface area (Å²) in [7, 11) is 0. The second-order valence-corrected chi connectivity index (χ2v) is 7.10. The molecule has 1 fully saturated rings. The number of aryl methyl sites for hydroxylation is 2. The zero-order valence-electron chi connectivity index (χ0n) is 14.2. The molecular formula is C18H23N5O2. The zero-order chi connectivity index (χ0) is 17.2. The van der Waals surface area contributed by atoms with Gasteiger partial charge in [0.25, 0.3) is 5.56 Å². The van der Waals surface area contributed by atoms with Gasteiger partial charge in [0.05, 0.1) is 17.7 Å². The molecule has 0 unspecified atom stereocenters. The van der Waals surface area contributed by atoms with Crippen LogP contribution in [0.4, 0.5) is 0 Å². The lowest BCUT2D eigenvalue weighted by molar-refractivity contribution is -0.122. The molecule has 0 bridgehead atoms. The Bertz CT molecular complexity index is 819. The minimum Gasteiger partial charge on any atom is -0.353 e. The van der Waals surface area contributed by atoms with Gasteiger partial charge in [0.2, 0.25) is 5.91 Å². The van der Waals surface area contributed by atoms with Gasteiger partial charge in [-0.25, -0.2) is 4.98 Å². The van der Waals surface area contributed by atoms with Gasteiger partial charge in [-0.3, -0.25) is 14.7 Å². The smallest absolute Gasteiger partial charge is 0.250 e. The Hall–Kier alpha value is -2.44. The van der Waals surface area contributed by atoms with Gasteiger partial charge in [0.15, 0.2) is 0 Å². The molecule has 1 saturated carbocycles. The largest absolute Gasteiger partial charge is 0.353 e. The SMILES string of the molecule is O=C(CCc1n[nH]c2c1CCCC2)NC1CC(c2cc(=O)[nH]cn2)C1. The van der Waals surface area contributed by atoms with Crippen molar-refractivity contribution in [2.45, 2.75) is 63.3 Å². The maximum absolute atomic E-state index is 12.2. The number of carbonyl (C=O) groups excluding carboxylic acids is 1.